The van der Waals surface area contributed by atoms with Crippen molar-refractivity contribution in [1.82, 2.24) is 5.32 Å². The van der Waals surface area contributed by atoms with Crippen LogP contribution in [0.2, 0.25) is 0 Å². The smallest absolute Gasteiger partial charge is 0.302 e. The van der Waals surface area contributed by atoms with Crippen molar-refractivity contribution < 1.29 is 19.1 Å². The van der Waals surface area contributed by atoms with Crippen LogP contribution in [0.1, 0.15) is 56.2 Å². The van der Waals surface area contributed by atoms with Gasteiger partial charge in [-0.2, -0.15) is 0 Å². The van der Waals surface area contributed by atoms with E-state index in [1.54, 1.807) is 7.11 Å². The molecule has 182 valence electrons. The summed E-state index contributed by atoms with van der Waals surface area (Å²) in [5, 5.41) is 3.12. The number of benzene rings is 2. The first kappa shape index (κ1) is 24.3. The first-order chi connectivity index (χ1) is 16.4. The maximum absolute atomic E-state index is 13.1. The molecule has 0 spiro atoms. The molecule has 2 aromatic rings. The van der Waals surface area contributed by atoms with Gasteiger partial charge in [0.05, 0.1) is 7.11 Å². The molecule has 0 bridgehead atoms. The summed E-state index contributed by atoms with van der Waals surface area (Å²) in [5.74, 6) is 1.51. The zero-order valence-electron chi connectivity index (χ0n) is 20.6. The molecule has 2 aliphatic carbocycles. The quantitative estimate of drug-likeness (QED) is 0.566. The molecule has 0 saturated heterocycles. The van der Waals surface area contributed by atoms with Gasteiger partial charge in [0.25, 0.3) is 0 Å². The minimum Gasteiger partial charge on any atom is -0.497 e. The van der Waals surface area contributed by atoms with E-state index in [0.717, 1.165) is 44.3 Å². The van der Waals surface area contributed by atoms with E-state index in [1.807, 2.05) is 24.3 Å². The van der Waals surface area contributed by atoms with E-state index in [9.17, 15) is 9.59 Å². The highest BCUT2D eigenvalue weighted by molar-refractivity contribution is 5.77. The molecule has 0 heterocycles. The number of rotatable bonds is 8. The normalized spacial score (nSPS) is 25.9. The SMILES string of the molecule is COc1ccc2c(c1)CCC(C1CC[C@H](OC(C)=O)[C@@]1(C)CC(=O)NCCc1ccccc1)C2. The van der Waals surface area contributed by atoms with Crippen LogP contribution < -0.4 is 10.1 Å². The zero-order chi connectivity index (χ0) is 24.1. The number of hydrogen-bond donors (Lipinski definition) is 1. The lowest BCUT2D eigenvalue weighted by atomic mass is 9.65. The van der Waals surface area contributed by atoms with Gasteiger partial charge in [-0.15, -0.1) is 0 Å². The molecule has 0 aliphatic heterocycles. The zero-order valence-corrected chi connectivity index (χ0v) is 20.6. The van der Waals surface area contributed by atoms with Crippen molar-refractivity contribution in [1.29, 1.82) is 0 Å². The maximum Gasteiger partial charge on any atom is 0.302 e. The molecule has 4 rings (SSSR count). The van der Waals surface area contributed by atoms with Crippen molar-refractivity contribution in [2.24, 2.45) is 17.3 Å². The van der Waals surface area contributed by atoms with E-state index in [0.29, 0.717) is 24.8 Å². The topological polar surface area (TPSA) is 64.6 Å². The van der Waals surface area contributed by atoms with Gasteiger partial charge in [-0.1, -0.05) is 43.3 Å². The first-order valence-electron chi connectivity index (χ1n) is 12.5. The summed E-state index contributed by atoms with van der Waals surface area (Å²) in [6, 6.07) is 16.6. The standard InChI is InChI=1S/C29H37NO4/c1-20(31)34-27-14-13-26(24-10-9-23-18-25(33-3)12-11-22(23)17-24)29(27,2)19-28(32)30-16-15-21-7-5-4-6-8-21/h4-8,11-12,18,24,26-27H,9-10,13-17,19H2,1-3H3,(H,30,32)/t24?,26?,27-,29-/m0/s1. The Morgan fingerprint density at radius 1 is 1.06 bits per heavy atom. The van der Waals surface area contributed by atoms with Crippen LogP contribution in [0.3, 0.4) is 0 Å². The van der Waals surface area contributed by atoms with Crippen molar-refractivity contribution in [3.63, 3.8) is 0 Å². The van der Waals surface area contributed by atoms with E-state index in [4.69, 9.17) is 9.47 Å². The monoisotopic (exact) mass is 463 g/mol. The fraction of sp³-hybridized carbons (Fsp3) is 0.517. The fourth-order valence-corrected chi connectivity index (χ4v) is 6.27. The van der Waals surface area contributed by atoms with Crippen LogP contribution in [0.4, 0.5) is 0 Å². The van der Waals surface area contributed by atoms with Gasteiger partial charge in [-0.05, 0) is 79.2 Å². The minimum atomic E-state index is -0.364. The average molecular weight is 464 g/mol. The van der Waals surface area contributed by atoms with Gasteiger partial charge < -0.3 is 14.8 Å². The van der Waals surface area contributed by atoms with Crippen LogP contribution in [0.15, 0.2) is 48.5 Å². The maximum atomic E-state index is 13.1. The molecule has 1 N–H and O–H groups in total. The molecular weight excluding hydrogens is 426 g/mol. The highest BCUT2D eigenvalue weighted by Crippen LogP contribution is 2.53. The Balaban J connectivity index is 1.45. The van der Waals surface area contributed by atoms with Crippen molar-refractivity contribution in [3.05, 3.63) is 65.2 Å². The summed E-state index contributed by atoms with van der Waals surface area (Å²) in [6.07, 6.45) is 5.90. The molecule has 5 nitrogen and oxygen atoms in total. The Kier molecular flexibility index (Phi) is 7.60. The average Bonchev–Trinajstić information content (AvgIpc) is 3.13. The highest BCUT2D eigenvalue weighted by atomic mass is 16.5. The van der Waals surface area contributed by atoms with Crippen molar-refractivity contribution >= 4 is 11.9 Å². The minimum absolute atomic E-state index is 0.0448. The lowest BCUT2D eigenvalue weighted by Crippen LogP contribution is -2.43. The third kappa shape index (κ3) is 5.45. The number of hydrogen-bond acceptors (Lipinski definition) is 4. The first-order valence-corrected chi connectivity index (χ1v) is 12.5. The highest BCUT2D eigenvalue weighted by Gasteiger charge is 2.52. The Morgan fingerprint density at radius 3 is 2.59 bits per heavy atom. The van der Waals surface area contributed by atoms with Gasteiger partial charge in [0.1, 0.15) is 11.9 Å². The fourth-order valence-electron chi connectivity index (χ4n) is 6.27. The third-order valence-corrected chi connectivity index (χ3v) is 8.00. The molecule has 1 amide bonds. The van der Waals surface area contributed by atoms with Crippen LogP contribution in [0.25, 0.3) is 0 Å². The number of methoxy groups -OCH3 is 1. The molecule has 2 unspecified atom stereocenters. The van der Waals surface area contributed by atoms with Crippen molar-refractivity contribution in [2.45, 2.75) is 64.9 Å². The molecule has 1 saturated carbocycles. The summed E-state index contributed by atoms with van der Waals surface area (Å²) in [7, 11) is 1.71. The lowest BCUT2D eigenvalue weighted by Gasteiger charge is -2.41. The van der Waals surface area contributed by atoms with Gasteiger partial charge in [0.2, 0.25) is 5.91 Å². The number of nitrogens with one attached hydrogen (secondary N) is 1. The van der Waals surface area contributed by atoms with Crippen LogP contribution in [0, 0.1) is 17.3 Å². The van der Waals surface area contributed by atoms with Crippen LogP contribution in [-0.4, -0.2) is 31.6 Å². The molecule has 34 heavy (non-hydrogen) atoms. The molecule has 5 heteroatoms. The number of esters is 1. The lowest BCUT2D eigenvalue weighted by molar-refractivity contribution is -0.155. The summed E-state index contributed by atoms with van der Waals surface area (Å²) >= 11 is 0. The summed E-state index contributed by atoms with van der Waals surface area (Å²) < 4.78 is 11.2. The number of carbonyl (C=O) groups is 2. The number of fused-ring (bicyclic) bond motifs is 1. The number of aryl methyl sites for hydroxylation is 1. The van der Waals surface area contributed by atoms with Crippen molar-refractivity contribution in [3.8, 4) is 5.75 Å². The van der Waals surface area contributed by atoms with Gasteiger partial charge >= 0.3 is 5.97 Å². The van der Waals surface area contributed by atoms with E-state index in [-0.39, 0.29) is 23.4 Å². The van der Waals surface area contributed by atoms with E-state index in [2.05, 4.69) is 36.5 Å². The van der Waals surface area contributed by atoms with Gasteiger partial charge in [-0.3, -0.25) is 9.59 Å². The summed E-state index contributed by atoms with van der Waals surface area (Å²) in [5.41, 5.74) is 3.59. The van der Waals surface area contributed by atoms with Crippen LogP contribution in [0.5, 0.6) is 5.75 Å². The number of carbonyl (C=O) groups excluding carboxylic acids is 2. The summed E-state index contributed by atoms with van der Waals surface area (Å²) in [4.78, 5) is 24.9. The Morgan fingerprint density at radius 2 is 1.85 bits per heavy atom. The van der Waals surface area contributed by atoms with Gasteiger partial charge in [0.15, 0.2) is 0 Å². The van der Waals surface area contributed by atoms with Gasteiger partial charge in [-0.25, -0.2) is 0 Å². The molecule has 2 aromatic carbocycles. The summed E-state index contributed by atoms with van der Waals surface area (Å²) in [6.45, 7) is 4.25. The van der Waals surface area contributed by atoms with E-state index >= 15 is 0 Å². The number of amides is 1. The molecular formula is C29H37NO4. The van der Waals surface area contributed by atoms with E-state index in [1.165, 1.54) is 23.6 Å². The second-order valence-corrected chi connectivity index (χ2v) is 10.2. The molecule has 2 aliphatic rings. The Hall–Kier alpha value is -2.82. The van der Waals surface area contributed by atoms with Gasteiger partial charge in [0, 0.05) is 25.3 Å². The molecule has 1 fully saturated rings. The second kappa shape index (κ2) is 10.6. The largest absolute Gasteiger partial charge is 0.497 e. The predicted molar refractivity (Wildman–Crippen MR) is 133 cm³/mol. The number of ether oxygens (including phenoxy) is 2. The van der Waals surface area contributed by atoms with Crippen molar-refractivity contribution in [2.75, 3.05) is 13.7 Å². The Labute approximate surface area is 203 Å². The van der Waals surface area contributed by atoms with Crippen LogP contribution >= 0.6 is 0 Å². The third-order valence-electron chi connectivity index (χ3n) is 8.00. The second-order valence-electron chi connectivity index (χ2n) is 10.2. The van der Waals surface area contributed by atoms with E-state index < -0.39 is 0 Å². The Bertz CT molecular complexity index is 1000. The molecule has 4 atom stereocenters. The molecule has 0 radical (unpaired) electrons. The van der Waals surface area contributed by atoms with Crippen LogP contribution in [-0.2, 0) is 33.6 Å². The molecule has 0 aromatic heterocycles. The predicted octanol–water partition coefficient (Wildman–Crippen LogP) is 4.90.